The van der Waals surface area contributed by atoms with E-state index in [0.29, 0.717) is 48.1 Å². The summed E-state index contributed by atoms with van der Waals surface area (Å²) >= 11 is 0. The number of fused-ring (bicyclic) bond motifs is 1. The fourth-order valence-corrected chi connectivity index (χ4v) is 3.86. The van der Waals surface area contributed by atoms with Gasteiger partial charge in [-0.25, -0.2) is 0 Å². The first-order valence-electron chi connectivity index (χ1n) is 10.5. The van der Waals surface area contributed by atoms with Crippen LogP contribution in [0.25, 0.3) is 0 Å². The summed E-state index contributed by atoms with van der Waals surface area (Å²) in [5, 5.41) is 9.86. The Hall–Kier alpha value is -3.40. The second kappa shape index (κ2) is 9.17. The van der Waals surface area contributed by atoms with Crippen LogP contribution in [0.1, 0.15) is 50.4 Å². The number of nitrogens with zero attached hydrogens (tertiary/aromatic N) is 2. The summed E-state index contributed by atoms with van der Waals surface area (Å²) in [6.45, 7) is 11.3. The third-order valence-electron chi connectivity index (χ3n) is 5.14. The molecule has 7 heteroatoms. The Morgan fingerprint density at radius 3 is 2.48 bits per heavy atom. The second-order valence-electron chi connectivity index (χ2n) is 7.87. The van der Waals surface area contributed by atoms with Gasteiger partial charge in [0, 0.05) is 18.3 Å². The topological polar surface area (TPSA) is 99.5 Å². The highest BCUT2D eigenvalue weighted by Gasteiger charge is 2.35. The fraction of sp³-hybridized carbons (Fsp3) is 0.417. The van der Waals surface area contributed by atoms with Crippen LogP contribution in [0.3, 0.4) is 0 Å². The molecule has 0 saturated carbocycles. The third kappa shape index (κ3) is 4.24. The highest BCUT2D eigenvalue weighted by Crippen LogP contribution is 2.42. The Balaban J connectivity index is 2.26. The van der Waals surface area contributed by atoms with Crippen molar-refractivity contribution in [1.29, 1.82) is 5.26 Å². The second-order valence-corrected chi connectivity index (χ2v) is 7.87. The van der Waals surface area contributed by atoms with Gasteiger partial charge in [0.05, 0.1) is 24.7 Å². The van der Waals surface area contributed by atoms with Gasteiger partial charge in [-0.05, 0) is 44.4 Å². The Bertz CT molecular complexity index is 1110. The molecular formula is C24H29N3O4. The molecule has 0 amide bonds. The third-order valence-corrected chi connectivity index (χ3v) is 5.14. The number of ether oxygens (including phenoxy) is 3. The number of allylic oxidation sites excluding steroid dienone is 1. The molecule has 0 saturated heterocycles. The lowest BCUT2D eigenvalue weighted by Crippen LogP contribution is -2.33. The average Bonchev–Trinajstić information content (AvgIpc) is 2.71. The summed E-state index contributed by atoms with van der Waals surface area (Å²) in [5.74, 6) is 1.18. The molecule has 0 fully saturated rings. The number of nitrogens with two attached hydrogens (primary N) is 1. The number of aryl methyl sites for hydroxylation is 1. The zero-order valence-electron chi connectivity index (χ0n) is 18.7. The summed E-state index contributed by atoms with van der Waals surface area (Å²) in [6, 6.07) is 9.40. The fourth-order valence-electron chi connectivity index (χ4n) is 3.86. The zero-order chi connectivity index (χ0) is 22.7. The largest absolute Gasteiger partial charge is 0.490 e. The van der Waals surface area contributed by atoms with E-state index in [0.717, 1.165) is 5.69 Å². The Kier molecular flexibility index (Phi) is 6.59. The first-order chi connectivity index (χ1) is 14.8. The number of hydrogen-bond acceptors (Lipinski definition) is 6. The quantitative estimate of drug-likeness (QED) is 0.727. The summed E-state index contributed by atoms with van der Waals surface area (Å²) in [6.07, 6.45) is 0. The minimum atomic E-state index is -0.657. The Labute approximate surface area is 182 Å². The molecule has 3 rings (SSSR count). The van der Waals surface area contributed by atoms with E-state index < -0.39 is 5.92 Å². The van der Waals surface area contributed by atoms with E-state index >= 15 is 0 Å². The molecule has 7 nitrogen and oxygen atoms in total. The van der Waals surface area contributed by atoms with Crippen molar-refractivity contribution >= 4 is 0 Å². The van der Waals surface area contributed by atoms with E-state index in [1.807, 2.05) is 39.0 Å². The number of pyridine rings is 1. The van der Waals surface area contributed by atoms with Crippen LogP contribution in [0.2, 0.25) is 0 Å². The molecule has 2 heterocycles. The molecule has 31 heavy (non-hydrogen) atoms. The average molecular weight is 424 g/mol. The molecule has 1 aromatic heterocycles. The van der Waals surface area contributed by atoms with Gasteiger partial charge < -0.3 is 24.5 Å². The lowest BCUT2D eigenvalue weighted by Gasteiger charge is -2.28. The predicted molar refractivity (Wildman–Crippen MR) is 118 cm³/mol. The molecule has 1 unspecified atom stereocenters. The lowest BCUT2D eigenvalue weighted by atomic mass is 9.83. The van der Waals surface area contributed by atoms with Gasteiger partial charge in [-0.15, -0.1) is 0 Å². The molecule has 0 spiro atoms. The van der Waals surface area contributed by atoms with Crippen molar-refractivity contribution in [2.45, 2.75) is 47.1 Å². The summed E-state index contributed by atoms with van der Waals surface area (Å²) < 4.78 is 18.9. The highest BCUT2D eigenvalue weighted by atomic mass is 16.5. The lowest BCUT2D eigenvalue weighted by molar-refractivity contribution is 0.287. The number of benzene rings is 1. The van der Waals surface area contributed by atoms with Crippen molar-refractivity contribution in [3.8, 4) is 23.3 Å². The minimum Gasteiger partial charge on any atom is -0.490 e. The van der Waals surface area contributed by atoms with Gasteiger partial charge in [0.1, 0.15) is 17.4 Å². The van der Waals surface area contributed by atoms with Gasteiger partial charge >= 0.3 is 0 Å². The summed E-state index contributed by atoms with van der Waals surface area (Å²) in [7, 11) is 0. The van der Waals surface area contributed by atoms with E-state index in [1.54, 1.807) is 10.6 Å². The Morgan fingerprint density at radius 1 is 1.19 bits per heavy atom. The van der Waals surface area contributed by atoms with Crippen molar-refractivity contribution in [2.75, 3.05) is 13.2 Å². The van der Waals surface area contributed by atoms with Crippen LogP contribution in [0, 0.1) is 24.2 Å². The first-order valence-corrected chi connectivity index (χ1v) is 10.5. The molecule has 164 valence electrons. The molecule has 0 bridgehead atoms. The highest BCUT2D eigenvalue weighted by molar-refractivity contribution is 5.57. The van der Waals surface area contributed by atoms with Gasteiger partial charge in [0.25, 0.3) is 5.56 Å². The van der Waals surface area contributed by atoms with Crippen LogP contribution in [0.5, 0.6) is 17.2 Å². The van der Waals surface area contributed by atoms with E-state index in [2.05, 4.69) is 19.9 Å². The van der Waals surface area contributed by atoms with Crippen molar-refractivity contribution < 1.29 is 14.2 Å². The van der Waals surface area contributed by atoms with Crippen LogP contribution in [-0.2, 0) is 6.54 Å². The van der Waals surface area contributed by atoms with E-state index in [1.165, 1.54) is 0 Å². The Morgan fingerprint density at radius 2 is 1.87 bits per heavy atom. The van der Waals surface area contributed by atoms with E-state index in [-0.39, 0.29) is 22.9 Å². The monoisotopic (exact) mass is 423 g/mol. The van der Waals surface area contributed by atoms with Crippen LogP contribution in [-0.4, -0.2) is 17.8 Å². The van der Waals surface area contributed by atoms with E-state index in [4.69, 9.17) is 19.9 Å². The molecule has 1 atom stereocenters. The van der Waals surface area contributed by atoms with Crippen LogP contribution >= 0.6 is 0 Å². The van der Waals surface area contributed by atoms with E-state index in [9.17, 15) is 10.1 Å². The van der Waals surface area contributed by atoms with Crippen LogP contribution in [0.15, 0.2) is 40.5 Å². The number of rotatable bonds is 7. The van der Waals surface area contributed by atoms with Gasteiger partial charge in [-0.2, -0.15) is 5.26 Å². The predicted octanol–water partition coefficient (Wildman–Crippen LogP) is 3.83. The molecule has 0 radical (unpaired) electrons. The molecule has 1 aliphatic rings. The zero-order valence-corrected chi connectivity index (χ0v) is 18.7. The van der Waals surface area contributed by atoms with Crippen LogP contribution < -0.4 is 25.5 Å². The number of nitriles is 1. The SMILES string of the molecule is CCOc1ccc(C2C(C#N)=C(N)Oc3cc(C)n(CC(C)C)c(=O)c32)cc1OCC. The standard InChI is InChI=1S/C24H29N3O4/c1-6-29-18-9-8-16(11-19(18)30-7-2)21-17(12-25)23(26)31-20-10-15(5)27(13-14(3)4)24(28)22(20)21/h8-11,14,21H,6-7,13,26H2,1-5H3. The molecule has 2 N–H and O–H groups in total. The smallest absolute Gasteiger partial charge is 0.258 e. The maximum atomic E-state index is 13.6. The molecule has 2 aromatic rings. The van der Waals surface area contributed by atoms with Gasteiger partial charge in [0.15, 0.2) is 11.5 Å². The maximum absolute atomic E-state index is 13.6. The number of aromatic nitrogens is 1. The molecule has 0 aliphatic carbocycles. The molecular weight excluding hydrogens is 394 g/mol. The number of hydrogen-bond donors (Lipinski definition) is 1. The first kappa shape index (κ1) is 22.3. The van der Waals surface area contributed by atoms with Crippen LogP contribution in [0.4, 0.5) is 0 Å². The van der Waals surface area contributed by atoms with Crippen molar-refractivity contribution in [3.63, 3.8) is 0 Å². The van der Waals surface area contributed by atoms with Crippen molar-refractivity contribution in [3.05, 3.63) is 62.9 Å². The van der Waals surface area contributed by atoms with Gasteiger partial charge in [-0.1, -0.05) is 19.9 Å². The maximum Gasteiger partial charge on any atom is 0.258 e. The summed E-state index contributed by atoms with van der Waals surface area (Å²) in [4.78, 5) is 13.6. The molecule has 1 aliphatic heterocycles. The normalized spacial score (nSPS) is 15.3. The van der Waals surface area contributed by atoms with Crippen molar-refractivity contribution in [1.82, 2.24) is 4.57 Å². The minimum absolute atomic E-state index is 0.00672. The van der Waals surface area contributed by atoms with Gasteiger partial charge in [0.2, 0.25) is 5.88 Å². The summed E-state index contributed by atoms with van der Waals surface area (Å²) in [5.41, 5.74) is 8.03. The van der Waals surface area contributed by atoms with Crippen molar-refractivity contribution in [2.24, 2.45) is 11.7 Å². The van der Waals surface area contributed by atoms with Gasteiger partial charge in [-0.3, -0.25) is 4.79 Å². The molecule has 1 aromatic carbocycles.